The summed E-state index contributed by atoms with van der Waals surface area (Å²) in [6.07, 6.45) is 2.43. The first kappa shape index (κ1) is 17.5. The standard InChI is InChI=1S/C18H18N4O4/c1-12-10-17(23)21(18(12)24)14-5-6-15(16(11-14)22(25)26)20-9-7-13-4-2-3-8-19-13/h2-6,8,11-12,20H,7,9-10H2,1H3. The van der Waals surface area contributed by atoms with E-state index in [0.717, 1.165) is 10.6 Å². The highest BCUT2D eigenvalue weighted by Crippen LogP contribution is 2.33. The maximum atomic E-state index is 12.1. The van der Waals surface area contributed by atoms with Crippen LogP contribution >= 0.6 is 0 Å². The maximum absolute atomic E-state index is 12.1. The van der Waals surface area contributed by atoms with Crippen molar-refractivity contribution in [2.75, 3.05) is 16.8 Å². The molecule has 1 aliphatic heterocycles. The third kappa shape index (κ3) is 3.53. The van der Waals surface area contributed by atoms with Crippen LogP contribution in [0.2, 0.25) is 0 Å². The fraction of sp³-hybridized carbons (Fsp3) is 0.278. The number of nitrogens with zero attached hydrogens (tertiary/aromatic N) is 3. The van der Waals surface area contributed by atoms with Gasteiger partial charge in [0.25, 0.3) is 5.69 Å². The van der Waals surface area contributed by atoms with Gasteiger partial charge in [0.2, 0.25) is 11.8 Å². The van der Waals surface area contributed by atoms with Crippen LogP contribution in [0.15, 0.2) is 42.6 Å². The van der Waals surface area contributed by atoms with Crippen LogP contribution in [0.5, 0.6) is 0 Å². The topological polar surface area (TPSA) is 105 Å². The van der Waals surface area contributed by atoms with Gasteiger partial charge in [-0.25, -0.2) is 0 Å². The number of anilines is 2. The van der Waals surface area contributed by atoms with Crippen molar-refractivity contribution in [3.63, 3.8) is 0 Å². The van der Waals surface area contributed by atoms with E-state index in [4.69, 9.17) is 0 Å². The first-order valence-electron chi connectivity index (χ1n) is 8.26. The van der Waals surface area contributed by atoms with E-state index in [-0.39, 0.29) is 29.6 Å². The minimum Gasteiger partial charge on any atom is -0.379 e. The number of aromatic nitrogens is 1. The SMILES string of the molecule is CC1CC(=O)N(c2ccc(NCCc3ccccn3)c([N+](=O)[O-])c2)C1=O. The van der Waals surface area contributed by atoms with Gasteiger partial charge in [0, 0.05) is 43.3 Å². The number of benzene rings is 1. The Kier molecular flexibility index (Phi) is 4.92. The number of amides is 2. The lowest BCUT2D eigenvalue weighted by Gasteiger charge is -2.15. The van der Waals surface area contributed by atoms with Crippen molar-refractivity contribution in [3.8, 4) is 0 Å². The fourth-order valence-electron chi connectivity index (χ4n) is 2.89. The first-order valence-corrected chi connectivity index (χ1v) is 8.26. The Morgan fingerprint density at radius 3 is 2.73 bits per heavy atom. The zero-order valence-electron chi connectivity index (χ0n) is 14.2. The minimum atomic E-state index is -0.527. The Morgan fingerprint density at radius 1 is 1.31 bits per heavy atom. The number of imide groups is 1. The van der Waals surface area contributed by atoms with Crippen LogP contribution in [-0.4, -0.2) is 28.3 Å². The van der Waals surface area contributed by atoms with Crippen molar-refractivity contribution in [1.82, 2.24) is 4.98 Å². The van der Waals surface area contributed by atoms with E-state index in [1.807, 2.05) is 18.2 Å². The number of nitro benzene ring substituents is 1. The molecule has 2 amide bonds. The molecule has 1 aliphatic rings. The molecule has 0 bridgehead atoms. The fourth-order valence-corrected chi connectivity index (χ4v) is 2.89. The number of carbonyl (C=O) groups is 2. The summed E-state index contributed by atoms with van der Waals surface area (Å²) >= 11 is 0. The molecular weight excluding hydrogens is 336 g/mol. The summed E-state index contributed by atoms with van der Waals surface area (Å²) in [7, 11) is 0. The van der Waals surface area contributed by atoms with E-state index in [0.29, 0.717) is 18.7 Å². The van der Waals surface area contributed by atoms with Gasteiger partial charge in [-0.15, -0.1) is 0 Å². The van der Waals surface area contributed by atoms with E-state index in [2.05, 4.69) is 10.3 Å². The molecule has 8 nitrogen and oxygen atoms in total. The highest BCUT2D eigenvalue weighted by molar-refractivity contribution is 6.21. The number of rotatable bonds is 6. The predicted octanol–water partition coefficient (Wildman–Crippen LogP) is 2.54. The van der Waals surface area contributed by atoms with Crippen molar-refractivity contribution in [1.29, 1.82) is 0 Å². The van der Waals surface area contributed by atoms with Gasteiger partial charge in [-0.05, 0) is 24.3 Å². The Morgan fingerprint density at radius 2 is 2.12 bits per heavy atom. The van der Waals surface area contributed by atoms with E-state index in [1.165, 1.54) is 12.1 Å². The molecule has 1 aromatic heterocycles. The van der Waals surface area contributed by atoms with Crippen LogP contribution in [0, 0.1) is 16.0 Å². The summed E-state index contributed by atoms with van der Waals surface area (Å²) < 4.78 is 0. The van der Waals surface area contributed by atoms with Crippen LogP contribution in [0.25, 0.3) is 0 Å². The Balaban J connectivity index is 1.78. The molecular formula is C18H18N4O4. The highest BCUT2D eigenvalue weighted by Gasteiger charge is 2.37. The van der Waals surface area contributed by atoms with E-state index in [9.17, 15) is 19.7 Å². The molecule has 0 aliphatic carbocycles. The second kappa shape index (κ2) is 7.30. The van der Waals surface area contributed by atoms with Crippen molar-refractivity contribution >= 4 is 28.9 Å². The quantitative estimate of drug-likeness (QED) is 0.485. The molecule has 8 heteroatoms. The molecule has 3 rings (SSSR count). The monoisotopic (exact) mass is 354 g/mol. The van der Waals surface area contributed by atoms with Crippen LogP contribution < -0.4 is 10.2 Å². The molecule has 0 radical (unpaired) electrons. The maximum Gasteiger partial charge on any atom is 0.294 e. The molecule has 0 saturated carbocycles. The summed E-state index contributed by atoms with van der Waals surface area (Å²) in [4.78, 5) is 40.2. The molecule has 1 N–H and O–H groups in total. The third-order valence-electron chi connectivity index (χ3n) is 4.23. The zero-order chi connectivity index (χ0) is 18.7. The lowest BCUT2D eigenvalue weighted by Crippen LogP contribution is -2.30. The number of nitro groups is 1. The summed E-state index contributed by atoms with van der Waals surface area (Å²) in [6.45, 7) is 2.14. The van der Waals surface area contributed by atoms with Crippen molar-refractivity contribution < 1.29 is 14.5 Å². The van der Waals surface area contributed by atoms with Gasteiger partial charge in [-0.2, -0.15) is 0 Å². The summed E-state index contributed by atoms with van der Waals surface area (Å²) in [6, 6.07) is 9.91. The van der Waals surface area contributed by atoms with Crippen molar-refractivity contribution in [2.45, 2.75) is 19.8 Å². The summed E-state index contributed by atoms with van der Waals surface area (Å²) in [5, 5.41) is 14.4. The molecule has 1 saturated heterocycles. The molecule has 1 atom stereocenters. The van der Waals surface area contributed by atoms with Gasteiger partial charge in [0.1, 0.15) is 5.69 Å². The van der Waals surface area contributed by atoms with Crippen molar-refractivity contribution in [2.24, 2.45) is 5.92 Å². The molecule has 2 aromatic rings. The largest absolute Gasteiger partial charge is 0.379 e. The molecule has 2 heterocycles. The normalized spacial score (nSPS) is 16.8. The summed E-state index contributed by atoms with van der Waals surface area (Å²) in [5.74, 6) is -1.08. The predicted molar refractivity (Wildman–Crippen MR) is 95.8 cm³/mol. The van der Waals surface area contributed by atoms with Crippen LogP contribution in [0.1, 0.15) is 19.0 Å². The Bertz CT molecular complexity index is 854. The molecule has 134 valence electrons. The molecule has 1 aromatic carbocycles. The minimum absolute atomic E-state index is 0.122. The molecule has 1 fully saturated rings. The number of nitrogens with one attached hydrogen (secondary N) is 1. The number of hydrogen-bond donors (Lipinski definition) is 1. The molecule has 26 heavy (non-hydrogen) atoms. The van der Waals surface area contributed by atoms with Gasteiger partial charge in [-0.3, -0.25) is 29.6 Å². The third-order valence-corrected chi connectivity index (χ3v) is 4.23. The van der Waals surface area contributed by atoms with Gasteiger partial charge >= 0.3 is 0 Å². The van der Waals surface area contributed by atoms with Crippen LogP contribution in [0.3, 0.4) is 0 Å². The summed E-state index contributed by atoms with van der Waals surface area (Å²) in [5.41, 5.74) is 1.26. The second-order valence-corrected chi connectivity index (χ2v) is 6.13. The average Bonchev–Trinajstić information content (AvgIpc) is 2.88. The zero-order valence-corrected chi connectivity index (χ0v) is 14.2. The smallest absolute Gasteiger partial charge is 0.294 e. The van der Waals surface area contributed by atoms with E-state index in [1.54, 1.807) is 19.2 Å². The first-order chi connectivity index (χ1) is 12.5. The molecule has 0 spiro atoms. The Labute approximate surface area is 150 Å². The van der Waals surface area contributed by atoms with Crippen molar-refractivity contribution in [3.05, 3.63) is 58.4 Å². The van der Waals surface area contributed by atoms with Gasteiger partial charge in [0.15, 0.2) is 0 Å². The lowest BCUT2D eigenvalue weighted by molar-refractivity contribution is -0.383. The van der Waals surface area contributed by atoms with Gasteiger partial charge < -0.3 is 5.32 Å². The van der Waals surface area contributed by atoms with E-state index >= 15 is 0 Å². The van der Waals surface area contributed by atoms with Gasteiger partial charge in [-0.1, -0.05) is 13.0 Å². The number of carbonyl (C=O) groups excluding carboxylic acids is 2. The van der Waals surface area contributed by atoms with Crippen LogP contribution in [-0.2, 0) is 16.0 Å². The molecule has 1 unspecified atom stereocenters. The lowest BCUT2D eigenvalue weighted by atomic mass is 10.1. The average molecular weight is 354 g/mol. The number of hydrogen-bond acceptors (Lipinski definition) is 6. The Hall–Kier alpha value is -3.29. The van der Waals surface area contributed by atoms with E-state index < -0.39 is 10.8 Å². The van der Waals surface area contributed by atoms with Crippen LogP contribution in [0.4, 0.5) is 17.1 Å². The second-order valence-electron chi connectivity index (χ2n) is 6.13. The van der Waals surface area contributed by atoms with Gasteiger partial charge in [0.05, 0.1) is 10.6 Å². The highest BCUT2D eigenvalue weighted by atomic mass is 16.6. The number of pyridine rings is 1.